The maximum atomic E-state index is 11.3. The van der Waals surface area contributed by atoms with Crippen LogP contribution in [0.25, 0.3) is 0 Å². The summed E-state index contributed by atoms with van der Waals surface area (Å²) in [6.45, 7) is 1.52. The molecule has 0 bridgehead atoms. The minimum absolute atomic E-state index is 0.161. The van der Waals surface area contributed by atoms with Crippen molar-refractivity contribution in [2.75, 3.05) is 0 Å². The number of hydrogen-bond acceptors (Lipinski definition) is 2. The number of aliphatic carboxylic acids is 1. The van der Waals surface area contributed by atoms with Crippen molar-refractivity contribution >= 4 is 35.1 Å². The fraction of sp³-hybridized carbons (Fsp3) is 0.500. The zero-order valence-electron chi connectivity index (χ0n) is 7.38. The van der Waals surface area contributed by atoms with Gasteiger partial charge in [0.2, 0.25) is 5.91 Å². The van der Waals surface area contributed by atoms with E-state index >= 15 is 0 Å². The molecule has 0 saturated heterocycles. The van der Waals surface area contributed by atoms with Gasteiger partial charge in [0.05, 0.1) is 5.92 Å². The van der Waals surface area contributed by atoms with Crippen LogP contribution in [0, 0.1) is 5.92 Å². The summed E-state index contributed by atoms with van der Waals surface area (Å²) in [5.74, 6) is -2.15. The van der Waals surface area contributed by atoms with E-state index in [1.54, 1.807) is 0 Å². The summed E-state index contributed by atoms with van der Waals surface area (Å²) in [6.07, 6.45) is 1.66. The Morgan fingerprint density at radius 3 is 2.36 bits per heavy atom. The summed E-state index contributed by atoms with van der Waals surface area (Å²) >= 11 is 11.3. The van der Waals surface area contributed by atoms with Gasteiger partial charge in [-0.05, 0) is 13.3 Å². The number of carbonyl (C=O) groups is 2. The van der Waals surface area contributed by atoms with E-state index in [9.17, 15) is 9.59 Å². The molecular weight excluding hydrogens is 229 g/mol. The summed E-state index contributed by atoms with van der Waals surface area (Å²) in [5.41, 5.74) is -0.161. The number of rotatable bonds is 3. The van der Waals surface area contributed by atoms with Gasteiger partial charge in [-0.1, -0.05) is 6.08 Å². The molecule has 0 radical (unpaired) electrons. The largest absolute Gasteiger partial charge is 0.477 e. The molecule has 1 atom stereocenters. The van der Waals surface area contributed by atoms with E-state index in [2.05, 4.69) is 5.32 Å². The molecule has 0 spiro atoms. The maximum Gasteiger partial charge on any atom is 0.352 e. The number of amides is 1. The van der Waals surface area contributed by atoms with Crippen molar-refractivity contribution in [3.05, 3.63) is 11.8 Å². The second-order valence-electron chi connectivity index (χ2n) is 3.01. The number of halogens is 2. The van der Waals surface area contributed by atoms with Crippen molar-refractivity contribution in [3.8, 4) is 0 Å². The van der Waals surface area contributed by atoms with E-state index < -0.39 is 22.1 Å². The van der Waals surface area contributed by atoms with E-state index in [1.807, 2.05) is 0 Å². The van der Waals surface area contributed by atoms with Crippen molar-refractivity contribution in [1.82, 2.24) is 5.32 Å². The third-order valence-electron chi connectivity index (χ3n) is 1.92. The Hall–Kier alpha value is -0.740. The number of allylic oxidation sites excluding steroid dienone is 1. The highest BCUT2D eigenvalue weighted by Crippen LogP contribution is 2.53. The molecule has 4 nitrogen and oxygen atoms in total. The molecule has 1 unspecified atom stereocenters. The van der Waals surface area contributed by atoms with Crippen molar-refractivity contribution in [1.29, 1.82) is 0 Å². The maximum absolute atomic E-state index is 11.3. The Morgan fingerprint density at radius 2 is 2.07 bits per heavy atom. The van der Waals surface area contributed by atoms with Gasteiger partial charge in [-0.3, -0.25) is 4.79 Å². The number of carboxylic acid groups (broad SMARTS) is 1. The van der Waals surface area contributed by atoms with E-state index in [0.717, 1.165) is 0 Å². The van der Waals surface area contributed by atoms with Crippen molar-refractivity contribution in [2.45, 2.75) is 17.7 Å². The van der Waals surface area contributed by atoms with Gasteiger partial charge in [-0.25, -0.2) is 4.79 Å². The lowest BCUT2D eigenvalue weighted by Gasteiger charge is -2.04. The molecule has 1 aliphatic rings. The highest BCUT2D eigenvalue weighted by molar-refractivity contribution is 6.52. The van der Waals surface area contributed by atoms with E-state index in [0.29, 0.717) is 6.42 Å². The Bertz CT molecular complexity index is 312. The predicted molar refractivity (Wildman–Crippen MR) is 52.1 cm³/mol. The van der Waals surface area contributed by atoms with Gasteiger partial charge in [0.15, 0.2) is 0 Å². The Balaban J connectivity index is 2.54. The molecule has 0 aromatic carbocycles. The normalized spacial score (nSPS) is 24.2. The fourth-order valence-corrected chi connectivity index (χ4v) is 1.47. The van der Waals surface area contributed by atoms with Crippen molar-refractivity contribution < 1.29 is 14.7 Å². The number of hydrogen-bond donors (Lipinski definition) is 2. The SMILES string of the molecule is C/C=C(\NC(=O)C1CC1(Cl)Cl)C(=O)O. The van der Waals surface area contributed by atoms with Crippen LogP contribution in [0.2, 0.25) is 0 Å². The van der Waals surface area contributed by atoms with Crippen molar-refractivity contribution in [2.24, 2.45) is 5.92 Å². The summed E-state index contributed by atoms with van der Waals surface area (Å²) in [5, 5.41) is 10.8. The number of nitrogens with one attached hydrogen (secondary N) is 1. The molecule has 1 rings (SSSR count). The molecule has 6 heteroatoms. The molecule has 78 valence electrons. The highest BCUT2D eigenvalue weighted by Gasteiger charge is 2.56. The zero-order chi connectivity index (χ0) is 10.9. The van der Waals surface area contributed by atoms with Gasteiger partial charge >= 0.3 is 5.97 Å². The van der Waals surface area contributed by atoms with E-state index in [-0.39, 0.29) is 5.70 Å². The zero-order valence-corrected chi connectivity index (χ0v) is 8.89. The third kappa shape index (κ3) is 2.39. The molecule has 1 fully saturated rings. The van der Waals surface area contributed by atoms with Gasteiger partial charge < -0.3 is 10.4 Å². The fourth-order valence-electron chi connectivity index (χ4n) is 0.967. The molecule has 0 heterocycles. The lowest BCUT2D eigenvalue weighted by molar-refractivity contribution is -0.134. The van der Waals surface area contributed by atoms with Crippen LogP contribution < -0.4 is 5.32 Å². The molecular formula is C8H9Cl2NO3. The number of alkyl halides is 2. The quantitative estimate of drug-likeness (QED) is 0.575. The second kappa shape index (κ2) is 3.79. The summed E-state index contributed by atoms with van der Waals surface area (Å²) in [4.78, 5) is 21.8. The number of carboxylic acids is 1. The van der Waals surface area contributed by atoms with Gasteiger partial charge in [0, 0.05) is 0 Å². The van der Waals surface area contributed by atoms with Gasteiger partial charge in [-0.15, -0.1) is 23.2 Å². The Morgan fingerprint density at radius 1 is 1.57 bits per heavy atom. The minimum Gasteiger partial charge on any atom is -0.477 e. The number of carbonyl (C=O) groups excluding carboxylic acids is 1. The molecule has 1 aliphatic carbocycles. The minimum atomic E-state index is -1.18. The first-order valence-electron chi connectivity index (χ1n) is 3.96. The first kappa shape index (κ1) is 11.3. The Labute approximate surface area is 90.9 Å². The van der Waals surface area contributed by atoms with Crippen LogP contribution in [0.15, 0.2) is 11.8 Å². The summed E-state index contributed by atoms with van der Waals surface area (Å²) in [7, 11) is 0. The van der Waals surface area contributed by atoms with Crippen LogP contribution in [0.3, 0.4) is 0 Å². The average molecular weight is 238 g/mol. The first-order valence-corrected chi connectivity index (χ1v) is 4.72. The van der Waals surface area contributed by atoms with Crippen LogP contribution in [-0.4, -0.2) is 21.3 Å². The van der Waals surface area contributed by atoms with Crippen LogP contribution in [0.1, 0.15) is 13.3 Å². The van der Waals surface area contributed by atoms with Gasteiger partial charge in [-0.2, -0.15) is 0 Å². The molecule has 0 aromatic rings. The third-order valence-corrected chi connectivity index (χ3v) is 2.75. The Kier molecular flexibility index (Phi) is 3.07. The average Bonchev–Trinajstić information content (AvgIpc) is 2.70. The molecule has 0 aliphatic heterocycles. The van der Waals surface area contributed by atoms with E-state index in [4.69, 9.17) is 28.3 Å². The molecule has 1 saturated carbocycles. The summed E-state index contributed by atoms with van der Waals surface area (Å²) < 4.78 is -1.03. The lowest BCUT2D eigenvalue weighted by atomic mass is 10.3. The smallest absolute Gasteiger partial charge is 0.352 e. The monoisotopic (exact) mass is 237 g/mol. The van der Waals surface area contributed by atoms with Crippen molar-refractivity contribution in [3.63, 3.8) is 0 Å². The van der Waals surface area contributed by atoms with E-state index in [1.165, 1.54) is 13.0 Å². The van der Waals surface area contributed by atoms with Gasteiger partial charge in [0.1, 0.15) is 10.0 Å². The molecule has 1 amide bonds. The standard InChI is InChI=1S/C8H9Cl2NO3/c1-2-5(7(13)14)11-6(12)4-3-8(4,9)10/h2,4H,3H2,1H3,(H,11,12)(H,13,14)/b5-2-. The van der Waals surface area contributed by atoms with Crippen LogP contribution in [-0.2, 0) is 9.59 Å². The highest BCUT2D eigenvalue weighted by atomic mass is 35.5. The van der Waals surface area contributed by atoms with Crippen LogP contribution in [0.5, 0.6) is 0 Å². The molecule has 14 heavy (non-hydrogen) atoms. The topological polar surface area (TPSA) is 66.4 Å². The second-order valence-corrected chi connectivity index (χ2v) is 4.56. The molecule has 0 aromatic heterocycles. The predicted octanol–water partition coefficient (Wildman–Crippen LogP) is 1.28. The lowest BCUT2D eigenvalue weighted by Crippen LogP contribution is -2.29. The first-order chi connectivity index (χ1) is 6.38. The molecule has 2 N–H and O–H groups in total. The van der Waals surface area contributed by atoms with Crippen LogP contribution >= 0.6 is 23.2 Å². The van der Waals surface area contributed by atoms with Gasteiger partial charge in [0.25, 0.3) is 0 Å². The summed E-state index contributed by atoms with van der Waals surface area (Å²) in [6, 6.07) is 0. The van der Waals surface area contributed by atoms with Crippen LogP contribution in [0.4, 0.5) is 0 Å².